The van der Waals surface area contributed by atoms with Gasteiger partial charge in [-0.15, -0.1) is 10.2 Å². The molecule has 0 aromatic carbocycles. The number of nitrogens with zero attached hydrogens (tertiary/aromatic N) is 4. The number of halogens is 1. The van der Waals surface area contributed by atoms with Crippen LogP contribution in [-0.4, -0.2) is 19.7 Å². The van der Waals surface area contributed by atoms with Gasteiger partial charge < -0.3 is 4.57 Å². The Morgan fingerprint density at radius 1 is 1.40 bits per heavy atom. The fraction of sp³-hybridized carbons (Fsp3) is 0.222. The molecule has 0 radical (unpaired) electrons. The highest BCUT2D eigenvalue weighted by molar-refractivity contribution is 9.10. The van der Waals surface area contributed by atoms with E-state index in [0.717, 1.165) is 20.3 Å². The van der Waals surface area contributed by atoms with E-state index < -0.39 is 0 Å². The number of aromatic nitrogens is 4. The van der Waals surface area contributed by atoms with Crippen LogP contribution in [0.2, 0.25) is 0 Å². The molecule has 0 fully saturated rings. The van der Waals surface area contributed by atoms with Gasteiger partial charge in [0.15, 0.2) is 5.16 Å². The second-order valence-corrected chi connectivity index (χ2v) is 4.86. The van der Waals surface area contributed by atoms with Crippen LogP contribution in [0.1, 0.15) is 5.82 Å². The SMILES string of the molecule is Cc1nnc(Sc2ccncc2Br)n1C. The van der Waals surface area contributed by atoms with Crippen molar-refractivity contribution in [3.05, 3.63) is 28.8 Å². The molecule has 2 rings (SSSR count). The number of aryl methyl sites for hydroxylation is 1. The Morgan fingerprint density at radius 3 is 2.80 bits per heavy atom. The Bertz CT molecular complexity index is 483. The maximum atomic E-state index is 4.09. The molecule has 0 saturated heterocycles. The Labute approximate surface area is 100 Å². The molecule has 0 aliphatic carbocycles. The molecule has 0 spiro atoms. The van der Waals surface area contributed by atoms with Gasteiger partial charge in [-0.1, -0.05) is 0 Å². The number of pyridine rings is 1. The average molecular weight is 285 g/mol. The van der Waals surface area contributed by atoms with E-state index in [-0.39, 0.29) is 0 Å². The highest BCUT2D eigenvalue weighted by Gasteiger charge is 2.08. The van der Waals surface area contributed by atoms with Crippen molar-refractivity contribution < 1.29 is 0 Å². The Morgan fingerprint density at radius 2 is 2.20 bits per heavy atom. The van der Waals surface area contributed by atoms with Crippen LogP contribution < -0.4 is 0 Å². The average Bonchev–Trinajstić information content (AvgIpc) is 2.53. The lowest BCUT2D eigenvalue weighted by Gasteiger charge is -2.02. The topological polar surface area (TPSA) is 43.6 Å². The van der Waals surface area contributed by atoms with Gasteiger partial charge >= 0.3 is 0 Å². The molecule has 15 heavy (non-hydrogen) atoms. The highest BCUT2D eigenvalue weighted by Crippen LogP contribution is 2.31. The van der Waals surface area contributed by atoms with Crippen LogP contribution in [0.3, 0.4) is 0 Å². The monoisotopic (exact) mass is 284 g/mol. The van der Waals surface area contributed by atoms with E-state index in [1.165, 1.54) is 0 Å². The summed E-state index contributed by atoms with van der Waals surface area (Å²) >= 11 is 5.01. The predicted molar refractivity (Wildman–Crippen MR) is 61.8 cm³/mol. The Balaban J connectivity index is 2.30. The van der Waals surface area contributed by atoms with Crippen molar-refractivity contribution in [2.45, 2.75) is 17.0 Å². The van der Waals surface area contributed by atoms with Gasteiger partial charge in [0, 0.05) is 28.8 Å². The van der Waals surface area contributed by atoms with Gasteiger partial charge in [0.1, 0.15) is 5.82 Å². The molecule has 0 atom stereocenters. The van der Waals surface area contributed by atoms with Crippen LogP contribution in [0.4, 0.5) is 0 Å². The van der Waals surface area contributed by atoms with E-state index in [2.05, 4.69) is 31.1 Å². The molecule has 0 saturated carbocycles. The standard InChI is InChI=1S/C9H9BrN4S/c1-6-12-13-9(14(6)2)15-8-3-4-11-5-7(8)10/h3-5H,1-2H3. The maximum absolute atomic E-state index is 4.09. The van der Waals surface area contributed by atoms with Gasteiger partial charge in [0.2, 0.25) is 0 Å². The van der Waals surface area contributed by atoms with E-state index in [1.807, 2.05) is 24.6 Å². The number of hydrogen-bond acceptors (Lipinski definition) is 4. The molecule has 2 aromatic rings. The molecule has 0 bridgehead atoms. The quantitative estimate of drug-likeness (QED) is 0.850. The van der Waals surface area contributed by atoms with E-state index in [9.17, 15) is 0 Å². The first kappa shape index (κ1) is 10.6. The minimum atomic E-state index is 0.874. The normalized spacial score (nSPS) is 10.6. The minimum Gasteiger partial charge on any atom is -0.309 e. The van der Waals surface area contributed by atoms with E-state index in [1.54, 1.807) is 24.2 Å². The minimum absolute atomic E-state index is 0.874. The second kappa shape index (κ2) is 4.32. The third kappa shape index (κ3) is 2.21. The molecule has 0 amide bonds. The smallest absolute Gasteiger partial charge is 0.195 e. The fourth-order valence-corrected chi connectivity index (χ4v) is 2.34. The van der Waals surface area contributed by atoms with Gasteiger partial charge in [0.25, 0.3) is 0 Å². The summed E-state index contributed by atoms with van der Waals surface area (Å²) in [5.74, 6) is 0.905. The summed E-state index contributed by atoms with van der Waals surface area (Å²) in [6.07, 6.45) is 3.53. The van der Waals surface area contributed by atoms with Crippen molar-refractivity contribution >= 4 is 27.7 Å². The van der Waals surface area contributed by atoms with Gasteiger partial charge in [-0.05, 0) is 40.7 Å². The molecule has 0 aliphatic heterocycles. The first-order chi connectivity index (χ1) is 7.18. The maximum Gasteiger partial charge on any atom is 0.195 e. The van der Waals surface area contributed by atoms with Crippen molar-refractivity contribution in [2.24, 2.45) is 7.05 Å². The third-order valence-corrected chi connectivity index (χ3v) is 4.00. The van der Waals surface area contributed by atoms with Crippen LogP contribution in [0.15, 0.2) is 33.0 Å². The molecule has 2 aromatic heterocycles. The number of hydrogen-bond donors (Lipinski definition) is 0. The molecular weight excluding hydrogens is 276 g/mol. The first-order valence-electron chi connectivity index (χ1n) is 4.32. The summed E-state index contributed by atoms with van der Waals surface area (Å²) in [6, 6.07) is 1.94. The molecule has 6 heteroatoms. The van der Waals surface area contributed by atoms with Crippen LogP contribution >= 0.6 is 27.7 Å². The van der Waals surface area contributed by atoms with Crippen molar-refractivity contribution in [1.29, 1.82) is 0 Å². The van der Waals surface area contributed by atoms with Crippen LogP contribution in [0.25, 0.3) is 0 Å². The molecule has 4 nitrogen and oxygen atoms in total. The fourth-order valence-electron chi connectivity index (χ4n) is 1.02. The summed E-state index contributed by atoms with van der Waals surface area (Å²) < 4.78 is 2.92. The lowest BCUT2D eigenvalue weighted by atomic mass is 10.5. The highest BCUT2D eigenvalue weighted by atomic mass is 79.9. The van der Waals surface area contributed by atoms with Crippen LogP contribution in [0.5, 0.6) is 0 Å². The molecular formula is C9H9BrN4S. The zero-order chi connectivity index (χ0) is 10.8. The van der Waals surface area contributed by atoms with Gasteiger partial charge in [-0.2, -0.15) is 0 Å². The van der Waals surface area contributed by atoms with E-state index >= 15 is 0 Å². The van der Waals surface area contributed by atoms with Crippen molar-refractivity contribution in [1.82, 2.24) is 19.7 Å². The van der Waals surface area contributed by atoms with Gasteiger partial charge in [-0.25, -0.2) is 0 Å². The Hall–Kier alpha value is -0.880. The summed E-state index contributed by atoms with van der Waals surface area (Å²) in [5, 5.41) is 8.96. The van der Waals surface area contributed by atoms with Gasteiger partial charge in [0.05, 0.1) is 0 Å². The summed E-state index contributed by atoms with van der Waals surface area (Å²) in [6.45, 7) is 1.93. The van der Waals surface area contributed by atoms with Crippen LogP contribution in [-0.2, 0) is 7.05 Å². The van der Waals surface area contributed by atoms with Crippen molar-refractivity contribution in [3.63, 3.8) is 0 Å². The lowest BCUT2D eigenvalue weighted by molar-refractivity contribution is 0.765. The van der Waals surface area contributed by atoms with Gasteiger partial charge in [-0.3, -0.25) is 4.98 Å². The molecule has 78 valence electrons. The number of rotatable bonds is 2. The molecule has 0 N–H and O–H groups in total. The largest absolute Gasteiger partial charge is 0.309 e. The predicted octanol–water partition coefficient (Wildman–Crippen LogP) is 2.43. The van der Waals surface area contributed by atoms with E-state index in [4.69, 9.17) is 0 Å². The second-order valence-electron chi connectivity index (χ2n) is 3.00. The summed E-state index contributed by atoms with van der Waals surface area (Å²) in [7, 11) is 1.95. The zero-order valence-electron chi connectivity index (χ0n) is 8.31. The molecule has 2 heterocycles. The van der Waals surface area contributed by atoms with E-state index in [0.29, 0.717) is 0 Å². The van der Waals surface area contributed by atoms with Crippen molar-refractivity contribution in [3.8, 4) is 0 Å². The van der Waals surface area contributed by atoms with Crippen molar-refractivity contribution in [2.75, 3.05) is 0 Å². The summed E-state index contributed by atoms with van der Waals surface area (Å²) in [5.41, 5.74) is 0. The molecule has 0 unspecified atom stereocenters. The molecule has 0 aliphatic rings. The Kier molecular flexibility index (Phi) is 3.06. The van der Waals surface area contributed by atoms with Crippen LogP contribution in [0, 0.1) is 6.92 Å². The zero-order valence-corrected chi connectivity index (χ0v) is 10.7. The lowest BCUT2D eigenvalue weighted by Crippen LogP contribution is -1.93. The summed E-state index contributed by atoms with van der Waals surface area (Å²) in [4.78, 5) is 5.09. The third-order valence-electron chi connectivity index (χ3n) is 1.99. The first-order valence-corrected chi connectivity index (χ1v) is 5.93.